The van der Waals surface area contributed by atoms with Gasteiger partial charge in [-0.15, -0.1) is 0 Å². The number of likely N-dealkylation sites (N-methyl/N-ethyl adjacent to an activating group) is 1. The fourth-order valence-corrected chi connectivity index (χ4v) is 4.74. The van der Waals surface area contributed by atoms with E-state index in [1.807, 2.05) is 0 Å². The topological polar surface area (TPSA) is 47.9 Å². The highest BCUT2D eigenvalue weighted by Gasteiger charge is 2.38. The van der Waals surface area contributed by atoms with Gasteiger partial charge in [-0.3, -0.25) is 9.79 Å². The van der Waals surface area contributed by atoms with Crippen molar-refractivity contribution < 1.29 is 4.79 Å². The van der Waals surface area contributed by atoms with E-state index in [0.29, 0.717) is 11.3 Å². The minimum atomic E-state index is 0.0786. The van der Waals surface area contributed by atoms with Crippen molar-refractivity contribution in [3.8, 4) is 0 Å². The van der Waals surface area contributed by atoms with E-state index in [1.54, 1.807) is 26.0 Å². The van der Waals surface area contributed by atoms with E-state index in [1.165, 1.54) is 32.1 Å². The second-order valence-electron chi connectivity index (χ2n) is 6.20. The van der Waals surface area contributed by atoms with Crippen LogP contribution in [0, 0.1) is 0 Å². The molecule has 0 aromatic heterocycles. The summed E-state index contributed by atoms with van der Waals surface area (Å²) >= 11 is 2.15. The summed E-state index contributed by atoms with van der Waals surface area (Å²) in [6.07, 6.45) is 6.73. The van der Waals surface area contributed by atoms with Gasteiger partial charge in [0.25, 0.3) is 0 Å². The Morgan fingerprint density at radius 3 is 2.67 bits per heavy atom. The molecule has 1 saturated heterocycles. The Morgan fingerprint density at radius 1 is 1.33 bits per heavy atom. The maximum atomic E-state index is 11.7. The highest BCUT2D eigenvalue weighted by atomic mass is 32.2. The first kappa shape index (κ1) is 16.5. The maximum Gasteiger partial charge on any atom is 0.241 e. The summed E-state index contributed by atoms with van der Waals surface area (Å²) in [7, 11) is 5.36. The minimum absolute atomic E-state index is 0.0786. The van der Waals surface area contributed by atoms with Crippen LogP contribution in [0.15, 0.2) is 4.99 Å². The largest absolute Gasteiger partial charge is 0.347 e. The molecule has 1 N–H and O–H groups in total. The quantitative estimate of drug-likeness (QED) is 0.618. The lowest BCUT2D eigenvalue weighted by Gasteiger charge is -2.45. The molecule has 120 valence electrons. The summed E-state index contributed by atoms with van der Waals surface area (Å²) in [4.78, 5) is 20.0. The average Bonchev–Trinajstić information content (AvgIpc) is 2.48. The van der Waals surface area contributed by atoms with Crippen LogP contribution in [0.5, 0.6) is 0 Å². The summed E-state index contributed by atoms with van der Waals surface area (Å²) in [6, 6.07) is 0. The second-order valence-corrected chi connectivity index (χ2v) is 7.77. The van der Waals surface area contributed by atoms with E-state index in [2.05, 4.69) is 27.0 Å². The van der Waals surface area contributed by atoms with Gasteiger partial charge < -0.3 is 15.1 Å². The molecular weight excluding hydrogens is 284 g/mol. The molecule has 0 radical (unpaired) electrons. The van der Waals surface area contributed by atoms with Gasteiger partial charge in [0.05, 0.1) is 6.54 Å². The Hall–Kier alpha value is -0.910. The van der Waals surface area contributed by atoms with Crippen molar-refractivity contribution in [1.82, 2.24) is 15.1 Å². The predicted octanol–water partition coefficient (Wildman–Crippen LogP) is 1.40. The van der Waals surface area contributed by atoms with Gasteiger partial charge in [-0.1, -0.05) is 19.3 Å². The fraction of sp³-hybridized carbons (Fsp3) is 0.867. The number of nitrogens with zero attached hydrogens (tertiary/aromatic N) is 3. The summed E-state index contributed by atoms with van der Waals surface area (Å²) in [5.41, 5.74) is 0. The zero-order valence-corrected chi connectivity index (χ0v) is 14.3. The first-order chi connectivity index (χ1) is 10.1. The third kappa shape index (κ3) is 4.28. The monoisotopic (exact) mass is 312 g/mol. The van der Waals surface area contributed by atoms with E-state index < -0.39 is 0 Å². The fourth-order valence-electron chi connectivity index (χ4n) is 3.17. The standard InChI is InChI=1S/C15H28N4OS/c1-16-14(17-11-13(20)18(2)3)19-9-10-21-15(12-19)7-5-4-6-8-15/h4-12H2,1-3H3,(H,16,17). The molecule has 0 aromatic carbocycles. The molecule has 2 rings (SSSR count). The lowest BCUT2D eigenvalue weighted by molar-refractivity contribution is -0.127. The molecule has 0 atom stereocenters. The summed E-state index contributed by atoms with van der Waals surface area (Å²) in [6.45, 7) is 2.39. The molecule has 2 fully saturated rings. The van der Waals surface area contributed by atoms with Crippen LogP contribution in [0.4, 0.5) is 0 Å². The molecule has 1 heterocycles. The van der Waals surface area contributed by atoms with Crippen LogP contribution >= 0.6 is 11.8 Å². The van der Waals surface area contributed by atoms with Crippen molar-refractivity contribution in [2.24, 2.45) is 4.99 Å². The number of hydrogen-bond acceptors (Lipinski definition) is 3. The number of carbonyl (C=O) groups excluding carboxylic acids is 1. The number of thioether (sulfide) groups is 1. The average molecular weight is 312 g/mol. The molecule has 1 aliphatic heterocycles. The van der Waals surface area contributed by atoms with Gasteiger partial charge in [0.2, 0.25) is 5.91 Å². The molecule has 1 amide bonds. The Kier molecular flexibility index (Phi) is 5.79. The van der Waals surface area contributed by atoms with Gasteiger partial charge in [-0.2, -0.15) is 11.8 Å². The van der Waals surface area contributed by atoms with E-state index in [9.17, 15) is 4.79 Å². The van der Waals surface area contributed by atoms with E-state index in [-0.39, 0.29) is 5.91 Å². The van der Waals surface area contributed by atoms with Crippen LogP contribution in [0.2, 0.25) is 0 Å². The van der Waals surface area contributed by atoms with Gasteiger partial charge >= 0.3 is 0 Å². The van der Waals surface area contributed by atoms with E-state index >= 15 is 0 Å². The summed E-state index contributed by atoms with van der Waals surface area (Å²) in [5.74, 6) is 2.10. The molecule has 6 heteroatoms. The highest BCUT2D eigenvalue weighted by molar-refractivity contribution is 8.00. The normalized spacial score (nSPS) is 22.2. The number of carbonyl (C=O) groups is 1. The number of nitrogens with one attached hydrogen (secondary N) is 1. The van der Waals surface area contributed by atoms with E-state index in [4.69, 9.17) is 0 Å². The number of rotatable bonds is 2. The van der Waals surface area contributed by atoms with Crippen molar-refractivity contribution in [2.75, 3.05) is 46.5 Å². The number of hydrogen-bond donors (Lipinski definition) is 1. The zero-order valence-electron chi connectivity index (χ0n) is 13.5. The van der Waals surface area contributed by atoms with E-state index in [0.717, 1.165) is 24.8 Å². The Bertz CT molecular complexity index is 386. The van der Waals surface area contributed by atoms with Gasteiger partial charge in [0.1, 0.15) is 0 Å². The first-order valence-electron chi connectivity index (χ1n) is 7.86. The van der Waals surface area contributed by atoms with Crippen molar-refractivity contribution in [3.63, 3.8) is 0 Å². The van der Waals surface area contributed by atoms with Gasteiger partial charge in [-0.25, -0.2) is 0 Å². The summed E-state index contributed by atoms with van der Waals surface area (Å²) < 4.78 is 0.416. The SMILES string of the molecule is CN=C(NCC(=O)N(C)C)N1CCSC2(CCCCC2)C1. The molecule has 1 spiro atoms. The van der Waals surface area contributed by atoms with Crippen LogP contribution in [0.1, 0.15) is 32.1 Å². The minimum Gasteiger partial charge on any atom is -0.347 e. The van der Waals surface area contributed by atoms with Crippen LogP contribution in [-0.2, 0) is 4.79 Å². The van der Waals surface area contributed by atoms with Crippen LogP contribution in [-0.4, -0.2) is 72.9 Å². The van der Waals surface area contributed by atoms with Crippen LogP contribution < -0.4 is 5.32 Å². The third-order valence-corrected chi connectivity index (χ3v) is 5.96. The number of guanidine groups is 1. The molecule has 1 aliphatic carbocycles. The van der Waals surface area contributed by atoms with Crippen molar-refractivity contribution >= 4 is 23.6 Å². The number of aliphatic imine (C=N–C) groups is 1. The highest BCUT2D eigenvalue weighted by Crippen LogP contribution is 2.42. The molecule has 0 unspecified atom stereocenters. The predicted molar refractivity (Wildman–Crippen MR) is 89.9 cm³/mol. The van der Waals surface area contributed by atoms with Crippen LogP contribution in [0.25, 0.3) is 0 Å². The van der Waals surface area contributed by atoms with Crippen molar-refractivity contribution in [2.45, 2.75) is 36.9 Å². The summed E-state index contributed by atoms with van der Waals surface area (Å²) in [5, 5.41) is 3.22. The number of amides is 1. The Balaban J connectivity index is 1.93. The third-order valence-electron chi connectivity index (χ3n) is 4.42. The lowest BCUT2D eigenvalue weighted by atomic mass is 9.87. The molecule has 0 aromatic rings. The lowest BCUT2D eigenvalue weighted by Crippen LogP contribution is -2.54. The van der Waals surface area contributed by atoms with Crippen LogP contribution in [0.3, 0.4) is 0 Å². The smallest absolute Gasteiger partial charge is 0.241 e. The van der Waals surface area contributed by atoms with Crippen molar-refractivity contribution in [1.29, 1.82) is 0 Å². The van der Waals surface area contributed by atoms with Gasteiger partial charge in [-0.05, 0) is 12.8 Å². The molecule has 21 heavy (non-hydrogen) atoms. The molecular formula is C15H28N4OS. The second kappa shape index (κ2) is 7.38. The Labute approximate surface area is 132 Å². The van der Waals surface area contributed by atoms with Crippen molar-refractivity contribution in [3.05, 3.63) is 0 Å². The van der Waals surface area contributed by atoms with Gasteiger partial charge in [0, 0.05) is 44.7 Å². The molecule has 2 aliphatic rings. The molecule has 1 saturated carbocycles. The zero-order chi connectivity index (χ0) is 15.3. The van der Waals surface area contributed by atoms with Gasteiger partial charge in [0.15, 0.2) is 5.96 Å². The first-order valence-corrected chi connectivity index (χ1v) is 8.85. The maximum absolute atomic E-state index is 11.7. The molecule has 0 bridgehead atoms. The molecule has 5 nitrogen and oxygen atoms in total. The Morgan fingerprint density at radius 2 is 2.05 bits per heavy atom.